The van der Waals surface area contributed by atoms with Gasteiger partial charge >= 0.3 is 6.09 Å². The molecule has 1 amide bonds. The summed E-state index contributed by atoms with van der Waals surface area (Å²) in [6.45, 7) is 3.99. The van der Waals surface area contributed by atoms with Crippen LogP contribution >= 0.6 is 11.6 Å². The molecule has 0 bridgehead atoms. The summed E-state index contributed by atoms with van der Waals surface area (Å²) in [6.07, 6.45) is 1.23. The Hall–Kier alpha value is -1.22. The molecule has 0 fully saturated rings. The van der Waals surface area contributed by atoms with Gasteiger partial charge in [-0.05, 0) is 38.3 Å². The summed E-state index contributed by atoms with van der Waals surface area (Å²) in [6, 6.07) is 7.81. The predicted molar refractivity (Wildman–Crippen MR) is 68.5 cm³/mol. The first kappa shape index (κ1) is 12.2. The molecule has 1 atom stereocenters. The lowest BCUT2D eigenvalue weighted by Gasteiger charge is -2.40. The topological polar surface area (TPSA) is 29.5 Å². The van der Waals surface area contributed by atoms with Crippen molar-refractivity contribution >= 4 is 23.4 Å². The van der Waals surface area contributed by atoms with E-state index in [1.807, 2.05) is 31.2 Å². The molecular formula is C13H16ClNO2. The monoisotopic (exact) mass is 253 g/mol. The van der Waals surface area contributed by atoms with Gasteiger partial charge in [-0.3, -0.25) is 4.90 Å². The number of nitrogens with zero attached hydrogens (tertiary/aromatic N) is 1. The van der Waals surface area contributed by atoms with Gasteiger partial charge in [0.1, 0.15) is 5.00 Å². The van der Waals surface area contributed by atoms with Crippen LogP contribution < -0.4 is 4.90 Å². The minimum Gasteiger partial charge on any atom is -0.449 e. The van der Waals surface area contributed by atoms with Gasteiger partial charge in [0, 0.05) is 0 Å². The zero-order valence-electron chi connectivity index (χ0n) is 10.1. The van der Waals surface area contributed by atoms with Crippen molar-refractivity contribution in [2.24, 2.45) is 0 Å². The molecule has 0 saturated carbocycles. The number of alkyl halides is 1. The number of rotatable bonds is 1. The Morgan fingerprint density at radius 1 is 1.53 bits per heavy atom. The number of benzene rings is 1. The second-order valence-corrected chi connectivity index (χ2v) is 5.12. The fraction of sp³-hybridized carbons (Fsp3) is 0.462. The van der Waals surface area contributed by atoms with Crippen molar-refractivity contribution in [3.63, 3.8) is 0 Å². The maximum absolute atomic E-state index is 12.0. The lowest BCUT2D eigenvalue weighted by atomic mass is 9.97. The van der Waals surface area contributed by atoms with E-state index < -0.39 is 5.00 Å². The molecule has 3 nitrogen and oxygen atoms in total. The van der Waals surface area contributed by atoms with E-state index in [4.69, 9.17) is 16.3 Å². The Labute approximate surface area is 106 Å². The molecule has 17 heavy (non-hydrogen) atoms. The summed E-state index contributed by atoms with van der Waals surface area (Å²) in [5.74, 6) is 0. The van der Waals surface area contributed by atoms with E-state index in [9.17, 15) is 4.79 Å². The molecular weight excluding hydrogens is 238 g/mol. The van der Waals surface area contributed by atoms with Crippen molar-refractivity contribution in [1.82, 2.24) is 0 Å². The molecule has 1 aliphatic rings. The van der Waals surface area contributed by atoms with Crippen molar-refractivity contribution < 1.29 is 9.53 Å². The summed E-state index contributed by atoms with van der Waals surface area (Å²) in [5, 5.41) is 0. The van der Waals surface area contributed by atoms with E-state index in [-0.39, 0.29) is 6.09 Å². The van der Waals surface area contributed by atoms with Crippen LogP contribution in [0.1, 0.15) is 25.8 Å². The van der Waals surface area contributed by atoms with E-state index in [0.717, 1.165) is 24.1 Å². The van der Waals surface area contributed by atoms with Crippen molar-refractivity contribution in [2.45, 2.75) is 31.7 Å². The summed E-state index contributed by atoms with van der Waals surface area (Å²) in [4.78, 5) is 12.8. The van der Waals surface area contributed by atoms with Crippen LogP contribution in [0, 0.1) is 0 Å². The predicted octanol–water partition coefficient (Wildman–Crippen LogP) is 3.55. The number of fused-ring (bicyclic) bond motifs is 1. The first-order valence-electron chi connectivity index (χ1n) is 5.80. The van der Waals surface area contributed by atoms with Crippen LogP contribution in [0.2, 0.25) is 0 Å². The lowest BCUT2D eigenvalue weighted by Crippen LogP contribution is -2.49. The Kier molecular flexibility index (Phi) is 3.29. The minimum atomic E-state index is -0.708. The molecule has 0 aromatic heterocycles. The number of aryl methyl sites for hydroxylation is 1. The van der Waals surface area contributed by atoms with Gasteiger partial charge in [0.2, 0.25) is 0 Å². The summed E-state index contributed by atoms with van der Waals surface area (Å²) in [5.41, 5.74) is 1.99. The minimum absolute atomic E-state index is 0.352. The van der Waals surface area contributed by atoms with Gasteiger partial charge < -0.3 is 4.74 Å². The second-order valence-electron chi connectivity index (χ2n) is 4.31. The number of ether oxygens (including phenoxy) is 1. The highest BCUT2D eigenvalue weighted by Gasteiger charge is 2.39. The highest BCUT2D eigenvalue weighted by Crippen LogP contribution is 2.39. The zero-order chi connectivity index (χ0) is 12.5. The first-order valence-corrected chi connectivity index (χ1v) is 6.18. The maximum Gasteiger partial charge on any atom is 0.415 e. The number of carbonyl (C=O) groups is 1. The highest BCUT2D eigenvalue weighted by atomic mass is 35.5. The largest absolute Gasteiger partial charge is 0.449 e. The van der Waals surface area contributed by atoms with Crippen molar-refractivity contribution in [3.8, 4) is 0 Å². The number of para-hydroxylation sites is 1. The molecule has 0 saturated heterocycles. The molecule has 0 spiro atoms. The van der Waals surface area contributed by atoms with Crippen LogP contribution in [0.25, 0.3) is 0 Å². The van der Waals surface area contributed by atoms with Gasteiger partial charge in [-0.2, -0.15) is 0 Å². The standard InChI is InChI=1S/C13H16ClNO2/c1-3-17-12(16)15-11-7-5-4-6-10(11)8-9-13(15,2)14/h4-7H,3,8-9H2,1-2H3. The van der Waals surface area contributed by atoms with Crippen LogP contribution in [0.5, 0.6) is 0 Å². The summed E-state index contributed by atoms with van der Waals surface area (Å²) < 4.78 is 5.08. The number of hydrogen-bond donors (Lipinski definition) is 0. The summed E-state index contributed by atoms with van der Waals surface area (Å²) in [7, 11) is 0. The molecule has 1 heterocycles. The van der Waals surface area contributed by atoms with E-state index >= 15 is 0 Å². The molecule has 0 aliphatic carbocycles. The Balaban J connectivity index is 2.42. The third-order valence-corrected chi connectivity index (χ3v) is 3.36. The molecule has 0 N–H and O–H groups in total. The third-order valence-electron chi connectivity index (χ3n) is 3.00. The highest BCUT2D eigenvalue weighted by molar-refractivity contribution is 6.27. The molecule has 2 rings (SSSR count). The number of amides is 1. The zero-order valence-corrected chi connectivity index (χ0v) is 10.8. The first-order chi connectivity index (χ1) is 8.06. The van der Waals surface area contributed by atoms with Gasteiger partial charge in [0.05, 0.1) is 12.3 Å². The number of halogens is 1. The van der Waals surface area contributed by atoms with E-state index in [1.54, 1.807) is 11.8 Å². The number of anilines is 1. The quantitative estimate of drug-likeness (QED) is 0.566. The average Bonchev–Trinajstić information content (AvgIpc) is 2.28. The smallest absolute Gasteiger partial charge is 0.415 e. The van der Waals surface area contributed by atoms with Crippen molar-refractivity contribution in [1.29, 1.82) is 0 Å². The SMILES string of the molecule is CCOC(=O)N1c2ccccc2CCC1(C)Cl. The molecule has 1 aromatic carbocycles. The van der Waals surface area contributed by atoms with Crippen molar-refractivity contribution in [3.05, 3.63) is 29.8 Å². The molecule has 1 aliphatic heterocycles. The fourth-order valence-corrected chi connectivity index (χ4v) is 2.40. The normalized spacial score (nSPS) is 23.1. The third kappa shape index (κ3) is 2.25. The molecule has 1 aromatic rings. The van der Waals surface area contributed by atoms with Gasteiger partial charge in [-0.15, -0.1) is 0 Å². The molecule has 4 heteroatoms. The van der Waals surface area contributed by atoms with E-state index in [0.29, 0.717) is 6.61 Å². The lowest BCUT2D eigenvalue weighted by molar-refractivity contribution is 0.155. The molecule has 0 radical (unpaired) electrons. The van der Waals surface area contributed by atoms with Crippen LogP contribution in [0.15, 0.2) is 24.3 Å². The van der Waals surface area contributed by atoms with Gasteiger partial charge in [-0.1, -0.05) is 29.8 Å². The average molecular weight is 254 g/mol. The van der Waals surface area contributed by atoms with Crippen LogP contribution in [-0.2, 0) is 11.2 Å². The summed E-state index contributed by atoms with van der Waals surface area (Å²) >= 11 is 6.42. The van der Waals surface area contributed by atoms with Gasteiger partial charge in [-0.25, -0.2) is 4.79 Å². The number of hydrogen-bond acceptors (Lipinski definition) is 2. The second kappa shape index (κ2) is 4.57. The van der Waals surface area contributed by atoms with E-state index in [1.165, 1.54) is 0 Å². The molecule has 1 unspecified atom stereocenters. The van der Waals surface area contributed by atoms with Gasteiger partial charge in [0.25, 0.3) is 0 Å². The van der Waals surface area contributed by atoms with Gasteiger partial charge in [0.15, 0.2) is 0 Å². The fourth-order valence-electron chi connectivity index (χ4n) is 2.14. The van der Waals surface area contributed by atoms with E-state index in [2.05, 4.69) is 0 Å². The van der Waals surface area contributed by atoms with Crippen LogP contribution in [0.3, 0.4) is 0 Å². The molecule has 92 valence electrons. The Morgan fingerprint density at radius 2 is 2.24 bits per heavy atom. The van der Waals surface area contributed by atoms with Crippen molar-refractivity contribution in [2.75, 3.05) is 11.5 Å². The Bertz CT molecular complexity index is 431. The van der Waals surface area contributed by atoms with Crippen LogP contribution in [-0.4, -0.2) is 17.7 Å². The maximum atomic E-state index is 12.0. The number of carbonyl (C=O) groups excluding carboxylic acids is 1. The Morgan fingerprint density at radius 3 is 2.94 bits per heavy atom. The van der Waals surface area contributed by atoms with Crippen LogP contribution in [0.4, 0.5) is 10.5 Å².